The van der Waals surface area contributed by atoms with E-state index < -0.39 is 0 Å². The maximum atomic E-state index is 12.8. The molecule has 4 rings (SSSR count). The summed E-state index contributed by atoms with van der Waals surface area (Å²) in [6.07, 6.45) is 3.59. The number of nitrogens with zero attached hydrogens (tertiary/aromatic N) is 4. The number of amides is 1. The lowest BCUT2D eigenvalue weighted by atomic mass is 9.99. The number of rotatable bonds is 3. The lowest BCUT2D eigenvalue weighted by Crippen LogP contribution is -2.39. The Hall–Kier alpha value is -2.48. The van der Waals surface area contributed by atoms with Crippen molar-refractivity contribution in [3.63, 3.8) is 0 Å². The Labute approximate surface area is 148 Å². The van der Waals surface area contributed by atoms with E-state index in [0.717, 1.165) is 30.7 Å². The Morgan fingerprint density at radius 3 is 3.04 bits per heavy atom. The van der Waals surface area contributed by atoms with Gasteiger partial charge in [0.25, 0.3) is 11.5 Å². The Bertz CT molecular complexity index is 959. The molecule has 1 amide bonds. The second-order valence-corrected chi connectivity index (χ2v) is 6.95. The first-order valence-electron chi connectivity index (χ1n) is 8.48. The Kier molecular flexibility index (Phi) is 4.12. The van der Waals surface area contributed by atoms with Crippen LogP contribution in [-0.2, 0) is 6.42 Å². The fourth-order valence-corrected chi connectivity index (χ4v) is 3.90. The lowest BCUT2D eigenvalue weighted by Gasteiger charge is -2.34. The maximum absolute atomic E-state index is 12.8. The third kappa shape index (κ3) is 2.86. The number of fused-ring (bicyclic) bond motifs is 1. The van der Waals surface area contributed by atoms with Crippen LogP contribution in [0.1, 0.15) is 54.1 Å². The number of H-pyrrole nitrogens is 1. The van der Waals surface area contributed by atoms with Gasteiger partial charge in [-0.05, 0) is 25.7 Å². The SMILES string of the molecule is CCc1cc(=O)n2[nH]c([C@H]3CCCCN3C(=O)c3cscn3)cc2n1. The van der Waals surface area contributed by atoms with Crippen molar-refractivity contribution in [2.75, 3.05) is 6.54 Å². The van der Waals surface area contributed by atoms with Gasteiger partial charge in [0.2, 0.25) is 0 Å². The quantitative estimate of drug-likeness (QED) is 0.780. The molecule has 0 aliphatic carbocycles. The molecule has 7 nitrogen and oxygen atoms in total. The average molecular weight is 357 g/mol. The van der Waals surface area contributed by atoms with E-state index in [9.17, 15) is 9.59 Å². The molecule has 130 valence electrons. The highest BCUT2D eigenvalue weighted by Crippen LogP contribution is 2.31. The second-order valence-electron chi connectivity index (χ2n) is 6.23. The van der Waals surface area contributed by atoms with E-state index in [2.05, 4.69) is 15.1 Å². The zero-order valence-electron chi connectivity index (χ0n) is 13.9. The van der Waals surface area contributed by atoms with E-state index in [1.165, 1.54) is 15.9 Å². The first kappa shape index (κ1) is 16.0. The highest BCUT2D eigenvalue weighted by molar-refractivity contribution is 7.07. The number of likely N-dealkylation sites (tertiary alicyclic amines) is 1. The minimum atomic E-state index is -0.124. The van der Waals surface area contributed by atoms with Gasteiger partial charge in [0.05, 0.1) is 17.2 Å². The van der Waals surface area contributed by atoms with Crippen LogP contribution in [0.4, 0.5) is 0 Å². The predicted octanol–water partition coefficient (Wildman–Crippen LogP) is 2.41. The molecule has 0 aromatic carbocycles. The summed E-state index contributed by atoms with van der Waals surface area (Å²) in [5, 5.41) is 4.92. The summed E-state index contributed by atoms with van der Waals surface area (Å²) in [4.78, 5) is 35.6. The van der Waals surface area contributed by atoms with E-state index in [0.29, 0.717) is 24.3 Å². The van der Waals surface area contributed by atoms with Gasteiger partial charge in [-0.1, -0.05) is 6.92 Å². The van der Waals surface area contributed by atoms with Crippen LogP contribution < -0.4 is 5.56 Å². The molecule has 8 heteroatoms. The molecule has 1 N–H and O–H groups in total. The molecule has 1 aliphatic rings. The number of piperidine rings is 1. The van der Waals surface area contributed by atoms with E-state index in [4.69, 9.17) is 0 Å². The van der Waals surface area contributed by atoms with Gasteiger partial charge in [0.15, 0.2) is 5.65 Å². The maximum Gasteiger partial charge on any atom is 0.273 e. The van der Waals surface area contributed by atoms with Crippen LogP contribution in [0, 0.1) is 0 Å². The molecule has 25 heavy (non-hydrogen) atoms. The predicted molar refractivity (Wildman–Crippen MR) is 94.9 cm³/mol. The molecule has 1 fully saturated rings. The van der Waals surface area contributed by atoms with Crippen LogP contribution in [0.25, 0.3) is 5.65 Å². The summed E-state index contributed by atoms with van der Waals surface area (Å²) >= 11 is 1.42. The topological polar surface area (TPSA) is 83.4 Å². The molecule has 1 atom stereocenters. The molecular formula is C17H19N5O2S. The number of aromatic nitrogens is 4. The Balaban J connectivity index is 1.73. The molecule has 3 aromatic heterocycles. The molecule has 0 bridgehead atoms. The fraction of sp³-hybridized carbons (Fsp3) is 0.412. The molecule has 4 heterocycles. The zero-order valence-corrected chi connectivity index (χ0v) is 14.8. The number of nitrogens with one attached hydrogen (secondary N) is 1. The van der Waals surface area contributed by atoms with Gasteiger partial charge >= 0.3 is 0 Å². The van der Waals surface area contributed by atoms with E-state index in [-0.39, 0.29) is 17.5 Å². The van der Waals surface area contributed by atoms with Crippen LogP contribution in [0.15, 0.2) is 27.8 Å². The number of aromatic amines is 1. The summed E-state index contributed by atoms with van der Waals surface area (Å²) in [6.45, 7) is 2.67. The van der Waals surface area contributed by atoms with Gasteiger partial charge in [0.1, 0.15) is 5.69 Å². The summed E-state index contributed by atoms with van der Waals surface area (Å²) in [6, 6.07) is 3.35. The van der Waals surface area contributed by atoms with Gasteiger partial charge in [-0.15, -0.1) is 11.3 Å². The third-order valence-electron chi connectivity index (χ3n) is 4.66. The number of aryl methyl sites for hydroxylation is 1. The largest absolute Gasteiger partial charge is 0.329 e. The van der Waals surface area contributed by atoms with Crippen LogP contribution >= 0.6 is 11.3 Å². The minimum Gasteiger partial charge on any atom is -0.329 e. The van der Waals surface area contributed by atoms with Crippen LogP contribution in [0.2, 0.25) is 0 Å². The number of hydrogen-bond donors (Lipinski definition) is 1. The molecule has 3 aromatic rings. The monoisotopic (exact) mass is 357 g/mol. The number of thiazole rings is 1. The first-order chi connectivity index (χ1) is 12.2. The van der Waals surface area contributed by atoms with Crippen molar-refractivity contribution < 1.29 is 4.79 Å². The van der Waals surface area contributed by atoms with E-state index in [1.54, 1.807) is 17.0 Å². The van der Waals surface area contributed by atoms with Gasteiger partial charge in [0, 0.05) is 29.8 Å². The number of carbonyl (C=O) groups is 1. The highest BCUT2D eigenvalue weighted by atomic mass is 32.1. The van der Waals surface area contributed by atoms with Gasteiger partial charge in [-0.25, -0.2) is 14.5 Å². The van der Waals surface area contributed by atoms with Gasteiger partial charge < -0.3 is 4.90 Å². The summed E-state index contributed by atoms with van der Waals surface area (Å²) in [5.41, 5.74) is 4.25. The molecule has 1 saturated heterocycles. The smallest absolute Gasteiger partial charge is 0.273 e. The molecule has 0 spiro atoms. The van der Waals surface area contributed by atoms with E-state index >= 15 is 0 Å². The van der Waals surface area contributed by atoms with Gasteiger partial charge in [-0.2, -0.15) is 0 Å². The van der Waals surface area contributed by atoms with Crippen LogP contribution in [-0.4, -0.2) is 36.9 Å². The van der Waals surface area contributed by atoms with Crippen molar-refractivity contribution in [3.05, 3.63) is 50.5 Å². The Morgan fingerprint density at radius 1 is 1.40 bits per heavy atom. The number of carbonyl (C=O) groups excluding carboxylic acids is 1. The molecular weight excluding hydrogens is 338 g/mol. The zero-order chi connectivity index (χ0) is 17.4. The molecule has 0 saturated carbocycles. The van der Waals surface area contributed by atoms with Crippen molar-refractivity contribution in [2.24, 2.45) is 0 Å². The highest BCUT2D eigenvalue weighted by Gasteiger charge is 2.31. The molecule has 0 unspecified atom stereocenters. The first-order valence-corrected chi connectivity index (χ1v) is 9.42. The molecule has 1 aliphatic heterocycles. The molecule has 0 radical (unpaired) electrons. The normalized spacial score (nSPS) is 18.0. The second kappa shape index (κ2) is 6.44. The summed E-state index contributed by atoms with van der Waals surface area (Å²) in [5.74, 6) is -0.0563. The summed E-state index contributed by atoms with van der Waals surface area (Å²) in [7, 11) is 0. The minimum absolute atomic E-state index is 0.0563. The van der Waals surface area contributed by atoms with Crippen molar-refractivity contribution in [1.82, 2.24) is 24.5 Å². The van der Waals surface area contributed by atoms with Crippen molar-refractivity contribution >= 4 is 22.9 Å². The lowest BCUT2D eigenvalue weighted by molar-refractivity contribution is 0.0600. The van der Waals surface area contributed by atoms with Crippen LogP contribution in [0.5, 0.6) is 0 Å². The van der Waals surface area contributed by atoms with Crippen molar-refractivity contribution in [3.8, 4) is 0 Å². The fourth-order valence-electron chi connectivity index (χ4n) is 3.37. The third-order valence-corrected chi connectivity index (χ3v) is 5.25. The standard InChI is InChI=1S/C17H19N5O2S/c1-2-11-7-16(23)22-15(19-11)8-12(20-22)14-5-3-4-6-21(14)17(24)13-9-25-10-18-13/h7-10,14,20H,2-6H2,1H3/t14-/m1/s1. The van der Waals surface area contributed by atoms with E-state index in [1.807, 2.05) is 17.9 Å². The number of hydrogen-bond acceptors (Lipinski definition) is 5. The Morgan fingerprint density at radius 2 is 2.28 bits per heavy atom. The van der Waals surface area contributed by atoms with Crippen molar-refractivity contribution in [2.45, 2.75) is 38.6 Å². The average Bonchev–Trinajstić information content (AvgIpc) is 3.31. The van der Waals surface area contributed by atoms with Gasteiger partial charge in [-0.3, -0.25) is 14.7 Å². The van der Waals surface area contributed by atoms with Crippen molar-refractivity contribution in [1.29, 1.82) is 0 Å². The van der Waals surface area contributed by atoms with Crippen LogP contribution in [0.3, 0.4) is 0 Å². The summed E-state index contributed by atoms with van der Waals surface area (Å²) < 4.78 is 1.45.